The summed E-state index contributed by atoms with van der Waals surface area (Å²) in [5, 5.41) is 3.45. The summed E-state index contributed by atoms with van der Waals surface area (Å²) in [5.41, 5.74) is -1.26. The number of hydrogen-bond donors (Lipinski definition) is 2. The number of nitrogens with zero attached hydrogens (tertiary/aromatic N) is 1. The first-order valence-corrected chi connectivity index (χ1v) is 8.60. The smallest absolute Gasteiger partial charge is 0.328 e. The fraction of sp³-hybridized carbons (Fsp3) is 0.200. The molecule has 29 heavy (non-hydrogen) atoms. The zero-order chi connectivity index (χ0) is 21.3. The lowest BCUT2D eigenvalue weighted by Gasteiger charge is -2.26. The van der Waals surface area contributed by atoms with Crippen molar-refractivity contribution in [3.05, 3.63) is 76.0 Å². The number of fused-ring (bicyclic) bond motifs is 1. The Labute approximate surface area is 163 Å². The summed E-state index contributed by atoms with van der Waals surface area (Å²) in [7, 11) is 1.47. The van der Waals surface area contributed by atoms with Crippen LogP contribution in [0.4, 0.5) is 28.0 Å². The standard InChI is InChI=1S/C20H17F4N3O2/c1-11(15-10-25-18(28)14-6-4-3-5-13(14)15)27(2)19(29)26-12-7-8-17(21)16(9-12)20(22,23)24/h3-11H,1-2H3,(H,25,28)(H,26,29). The molecule has 1 atom stereocenters. The molecule has 0 fully saturated rings. The van der Waals surface area contributed by atoms with Crippen molar-refractivity contribution in [2.45, 2.75) is 19.1 Å². The van der Waals surface area contributed by atoms with Crippen molar-refractivity contribution in [3.8, 4) is 0 Å². The molecule has 0 saturated carbocycles. The van der Waals surface area contributed by atoms with Gasteiger partial charge in [0.05, 0.1) is 11.6 Å². The number of aromatic nitrogens is 1. The first-order valence-electron chi connectivity index (χ1n) is 8.60. The highest BCUT2D eigenvalue weighted by Crippen LogP contribution is 2.33. The van der Waals surface area contributed by atoms with Crippen LogP contribution in [-0.2, 0) is 6.18 Å². The molecule has 3 aromatic rings. The summed E-state index contributed by atoms with van der Waals surface area (Å²) in [4.78, 5) is 28.4. The van der Waals surface area contributed by atoms with Gasteiger partial charge in [-0.1, -0.05) is 18.2 Å². The van der Waals surface area contributed by atoms with E-state index < -0.39 is 29.6 Å². The minimum Gasteiger partial charge on any atom is -0.328 e. The van der Waals surface area contributed by atoms with Crippen LogP contribution in [0.1, 0.15) is 24.1 Å². The van der Waals surface area contributed by atoms with Gasteiger partial charge in [-0.2, -0.15) is 13.2 Å². The molecule has 5 nitrogen and oxygen atoms in total. The molecule has 3 rings (SSSR count). The van der Waals surface area contributed by atoms with E-state index in [1.165, 1.54) is 18.1 Å². The van der Waals surface area contributed by atoms with E-state index in [9.17, 15) is 27.2 Å². The second kappa shape index (κ2) is 7.57. The molecule has 2 amide bonds. The van der Waals surface area contributed by atoms with E-state index >= 15 is 0 Å². The number of amides is 2. The molecule has 2 N–H and O–H groups in total. The fourth-order valence-corrected chi connectivity index (χ4v) is 2.99. The third-order valence-electron chi connectivity index (χ3n) is 4.72. The van der Waals surface area contributed by atoms with Gasteiger partial charge in [0.15, 0.2) is 0 Å². The van der Waals surface area contributed by atoms with Gasteiger partial charge in [-0.3, -0.25) is 4.79 Å². The van der Waals surface area contributed by atoms with Crippen LogP contribution in [0.25, 0.3) is 10.8 Å². The highest BCUT2D eigenvalue weighted by Gasteiger charge is 2.34. The third-order valence-corrected chi connectivity index (χ3v) is 4.72. The molecule has 0 bridgehead atoms. The van der Waals surface area contributed by atoms with Crippen LogP contribution >= 0.6 is 0 Å². The molecular weight excluding hydrogens is 390 g/mol. The van der Waals surface area contributed by atoms with Crippen molar-refractivity contribution in [3.63, 3.8) is 0 Å². The number of pyridine rings is 1. The van der Waals surface area contributed by atoms with Gasteiger partial charge in [-0.05, 0) is 42.1 Å². The van der Waals surface area contributed by atoms with Crippen molar-refractivity contribution in [1.82, 2.24) is 9.88 Å². The number of urea groups is 1. The van der Waals surface area contributed by atoms with Gasteiger partial charge in [-0.25, -0.2) is 9.18 Å². The summed E-state index contributed by atoms with van der Waals surface area (Å²) in [6.07, 6.45) is -3.38. The Morgan fingerprint density at radius 2 is 1.79 bits per heavy atom. The minimum atomic E-state index is -4.88. The highest BCUT2D eigenvalue weighted by molar-refractivity contribution is 5.90. The second-order valence-electron chi connectivity index (χ2n) is 6.53. The Balaban J connectivity index is 1.86. The summed E-state index contributed by atoms with van der Waals surface area (Å²) in [5.74, 6) is -1.42. The maximum Gasteiger partial charge on any atom is 0.419 e. The first-order chi connectivity index (χ1) is 13.6. The van der Waals surface area contributed by atoms with E-state index in [2.05, 4.69) is 10.3 Å². The molecule has 0 aliphatic carbocycles. The van der Waals surface area contributed by atoms with Crippen molar-refractivity contribution in [1.29, 1.82) is 0 Å². The molecule has 0 spiro atoms. The number of halogens is 4. The highest BCUT2D eigenvalue weighted by atomic mass is 19.4. The van der Waals surface area contributed by atoms with Gasteiger partial charge < -0.3 is 15.2 Å². The molecule has 1 unspecified atom stereocenters. The van der Waals surface area contributed by atoms with E-state index in [-0.39, 0.29) is 11.2 Å². The molecule has 2 aromatic carbocycles. The van der Waals surface area contributed by atoms with Crippen LogP contribution in [-0.4, -0.2) is 23.0 Å². The maximum absolute atomic E-state index is 13.4. The number of carbonyl (C=O) groups excluding carboxylic acids is 1. The topological polar surface area (TPSA) is 65.2 Å². The normalized spacial score (nSPS) is 12.6. The Hall–Kier alpha value is -3.36. The number of carbonyl (C=O) groups is 1. The second-order valence-corrected chi connectivity index (χ2v) is 6.53. The summed E-state index contributed by atoms with van der Waals surface area (Å²) >= 11 is 0. The number of benzene rings is 2. The Bertz CT molecular complexity index is 1120. The fourth-order valence-electron chi connectivity index (χ4n) is 2.99. The van der Waals surface area contributed by atoms with Gasteiger partial charge in [0.25, 0.3) is 5.56 Å². The van der Waals surface area contributed by atoms with Crippen LogP contribution in [0.3, 0.4) is 0 Å². The van der Waals surface area contributed by atoms with Gasteiger partial charge in [0.2, 0.25) is 0 Å². The predicted molar refractivity (Wildman–Crippen MR) is 101 cm³/mol. The Morgan fingerprint density at radius 3 is 2.45 bits per heavy atom. The monoisotopic (exact) mass is 407 g/mol. The molecule has 0 saturated heterocycles. The molecular formula is C20H17F4N3O2. The van der Waals surface area contributed by atoms with Gasteiger partial charge in [0, 0.05) is 24.3 Å². The Morgan fingerprint density at radius 1 is 1.14 bits per heavy atom. The summed E-state index contributed by atoms with van der Waals surface area (Å²) in [6, 6.07) is 7.92. The third kappa shape index (κ3) is 4.08. The number of anilines is 1. The lowest BCUT2D eigenvalue weighted by molar-refractivity contribution is -0.139. The van der Waals surface area contributed by atoms with E-state index in [4.69, 9.17) is 0 Å². The Kier molecular flexibility index (Phi) is 5.32. The van der Waals surface area contributed by atoms with Crippen LogP contribution < -0.4 is 10.9 Å². The number of alkyl halides is 3. The minimum absolute atomic E-state index is 0.186. The number of hydrogen-bond acceptors (Lipinski definition) is 2. The molecule has 0 aliphatic rings. The van der Waals surface area contributed by atoms with Crippen molar-refractivity contribution >= 4 is 22.5 Å². The molecule has 9 heteroatoms. The van der Waals surface area contributed by atoms with Crippen molar-refractivity contribution in [2.24, 2.45) is 0 Å². The van der Waals surface area contributed by atoms with E-state index in [0.29, 0.717) is 28.5 Å². The van der Waals surface area contributed by atoms with Crippen molar-refractivity contribution < 1.29 is 22.4 Å². The number of nitrogens with one attached hydrogen (secondary N) is 2. The number of aromatic amines is 1. The average molecular weight is 407 g/mol. The average Bonchev–Trinajstić information content (AvgIpc) is 2.68. The molecule has 152 valence electrons. The maximum atomic E-state index is 13.4. The lowest BCUT2D eigenvalue weighted by Crippen LogP contribution is -2.34. The zero-order valence-electron chi connectivity index (χ0n) is 15.5. The van der Waals surface area contributed by atoms with Crippen LogP contribution in [0, 0.1) is 5.82 Å². The zero-order valence-corrected chi connectivity index (χ0v) is 15.5. The lowest BCUT2D eigenvalue weighted by atomic mass is 10.0. The van der Waals surface area contributed by atoms with Crippen molar-refractivity contribution in [2.75, 3.05) is 12.4 Å². The molecule has 0 aliphatic heterocycles. The van der Waals surface area contributed by atoms with Gasteiger partial charge in [0.1, 0.15) is 5.82 Å². The van der Waals surface area contributed by atoms with E-state index in [1.54, 1.807) is 31.2 Å². The summed E-state index contributed by atoms with van der Waals surface area (Å²) in [6.45, 7) is 1.71. The van der Waals surface area contributed by atoms with Gasteiger partial charge in [-0.15, -0.1) is 0 Å². The molecule has 0 radical (unpaired) electrons. The molecule has 1 aromatic heterocycles. The van der Waals surface area contributed by atoms with E-state index in [0.717, 1.165) is 6.07 Å². The summed E-state index contributed by atoms with van der Waals surface area (Å²) < 4.78 is 52.0. The predicted octanol–water partition coefficient (Wildman–Crippen LogP) is 4.91. The van der Waals surface area contributed by atoms with Crippen LogP contribution in [0.15, 0.2) is 53.5 Å². The first kappa shape index (κ1) is 20.4. The quantitative estimate of drug-likeness (QED) is 0.606. The van der Waals surface area contributed by atoms with E-state index in [1.807, 2.05) is 0 Å². The number of H-pyrrole nitrogens is 1. The molecule has 1 heterocycles. The van der Waals surface area contributed by atoms with Crippen LogP contribution in [0.2, 0.25) is 0 Å². The number of rotatable bonds is 3. The largest absolute Gasteiger partial charge is 0.419 e. The SMILES string of the molecule is CC(c1c[nH]c(=O)c2ccccc12)N(C)C(=O)Nc1ccc(F)c(C(F)(F)F)c1. The van der Waals surface area contributed by atoms with Gasteiger partial charge >= 0.3 is 12.2 Å². The van der Waals surface area contributed by atoms with Crippen LogP contribution in [0.5, 0.6) is 0 Å².